The Balaban J connectivity index is 3.20. The molecule has 0 aliphatic carbocycles. The molecule has 0 aliphatic rings. The Hall–Kier alpha value is -1.59. The summed E-state index contributed by atoms with van der Waals surface area (Å²) in [5.74, 6) is 0. The summed E-state index contributed by atoms with van der Waals surface area (Å²) in [4.78, 5) is 0. The summed E-state index contributed by atoms with van der Waals surface area (Å²) in [5.41, 5.74) is 9.50. The second kappa shape index (κ2) is 4.59. The Labute approximate surface area is 84.7 Å². The zero-order valence-electron chi connectivity index (χ0n) is 8.54. The van der Waals surface area contributed by atoms with E-state index < -0.39 is 0 Å². The predicted molar refractivity (Wildman–Crippen MR) is 58.7 cm³/mol. The molecule has 0 spiro atoms. The van der Waals surface area contributed by atoms with Gasteiger partial charge in [0.15, 0.2) is 0 Å². The van der Waals surface area contributed by atoms with E-state index >= 15 is 0 Å². The molecular formula is C12H14N2. The van der Waals surface area contributed by atoms with Gasteiger partial charge in [-0.25, -0.2) is 0 Å². The highest BCUT2D eigenvalue weighted by Crippen LogP contribution is 2.17. The van der Waals surface area contributed by atoms with Crippen molar-refractivity contribution in [2.24, 2.45) is 5.73 Å². The first-order valence-corrected chi connectivity index (χ1v) is 4.57. The Morgan fingerprint density at radius 1 is 1.36 bits per heavy atom. The monoisotopic (exact) mass is 186 g/mol. The topological polar surface area (TPSA) is 49.8 Å². The fraction of sp³-hybridized carbons (Fsp3) is 0.250. The predicted octanol–water partition coefficient (Wildman–Crippen LogP) is 2.15. The number of hydrogen-bond donors (Lipinski definition) is 1. The largest absolute Gasteiger partial charge is 0.327 e. The molecule has 1 rings (SSSR count). The Bertz CT molecular complexity index is 374. The SMILES string of the molecule is Cc1cc(C#N)cc(C)c1C=CCN. The van der Waals surface area contributed by atoms with Gasteiger partial charge in [0, 0.05) is 6.54 Å². The van der Waals surface area contributed by atoms with Crippen molar-refractivity contribution in [3.05, 3.63) is 40.5 Å². The zero-order chi connectivity index (χ0) is 10.6. The summed E-state index contributed by atoms with van der Waals surface area (Å²) >= 11 is 0. The number of hydrogen-bond acceptors (Lipinski definition) is 2. The van der Waals surface area contributed by atoms with E-state index in [0.29, 0.717) is 12.1 Å². The molecule has 0 saturated heterocycles. The van der Waals surface area contributed by atoms with Gasteiger partial charge in [-0.05, 0) is 42.7 Å². The van der Waals surface area contributed by atoms with Gasteiger partial charge in [0.2, 0.25) is 0 Å². The van der Waals surface area contributed by atoms with Gasteiger partial charge in [-0.3, -0.25) is 0 Å². The lowest BCUT2D eigenvalue weighted by atomic mass is 9.99. The number of nitrogens with two attached hydrogens (primary N) is 1. The molecule has 2 heteroatoms. The molecule has 14 heavy (non-hydrogen) atoms. The van der Waals surface area contributed by atoms with Gasteiger partial charge in [0.1, 0.15) is 0 Å². The van der Waals surface area contributed by atoms with Crippen LogP contribution in [0.2, 0.25) is 0 Å². The molecule has 0 fully saturated rings. The van der Waals surface area contributed by atoms with E-state index in [9.17, 15) is 0 Å². The van der Waals surface area contributed by atoms with Crippen LogP contribution in [0.25, 0.3) is 6.08 Å². The van der Waals surface area contributed by atoms with Gasteiger partial charge in [-0.1, -0.05) is 12.2 Å². The van der Waals surface area contributed by atoms with Gasteiger partial charge in [0.25, 0.3) is 0 Å². The fourth-order valence-electron chi connectivity index (χ4n) is 1.49. The standard InChI is InChI=1S/C12H14N2/c1-9-6-11(8-14)7-10(2)12(9)4-3-5-13/h3-4,6-7H,5,13H2,1-2H3. The van der Waals surface area contributed by atoms with E-state index in [2.05, 4.69) is 6.07 Å². The smallest absolute Gasteiger partial charge is 0.0991 e. The molecule has 0 aliphatic heterocycles. The summed E-state index contributed by atoms with van der Waals surface area (Å²) in [6.45, 7) is 4.55. The van der Waals surface area contributed by atoms with Gasteiger partial charge >= 0.3 is 0 Å². The second-order valence-corrected chi connectivity index (χ2v) is 3.27. The van der Waals surface area contributed by atoms with Crippen LogP contribution in [0, 0.1) is 25.2 Å². The second-order valence-electron chi connectivity index (χ2n) is 3.27. The molecule has 0 radical (unpaired) electrons. The van der Waals surface area contributed by atoms with Crippen molar-refractivity contribution < 1.29 is 0 Å². The lowest BCUT2D eigenvalue weighted by molar-refractivity contribution is 1.26. The third kappa shape index (κ3) is 2.21. The van der Waals surface area contributed by atoms with Crippen LogP contribution in [0.5, 0.6) is 0 Å². The molecule has 2 N–H and O–H groups in total. The summed E-state index contributed by atoms with van der Waals surface area (Å²) in [6, 6.07) is 5.93. The van der Waals surface area contributed by atoms with Crippen molar-refractivity contribution in [1.82, 2.24) is 0 Å². The van der Waals surface area contributed by atoms with Gasteiger partial charge in [-0.2, -0.15) is 5.26 Å². The normalized spacial score (nSPS) is 10.4. The van der Waals surface area contributed by atoms with E-state index in [1.54, 1.807) is 0 Å². The first-order valence-electron chi connectivity index (χ1n) is 4.57. The Morgan fingerprint density at radius 2 is 1.93 bits per heavy atom. The molecule has 0 atom stereocenters. The van der Waals surface area contributed by atoms with Crippen LogP contribution < -0.4 is 5.73 Å². The highest BCUT2D eigenvalue weighted by molar-refractivity contribution is 5.59. The van der Waals surface area contributed by atoms with Crippen molar-refractivity contribution >= 4 is 6.08 Å². The van der Waals surface area contributed by atoms with E-state index in [1.807, 2.05) is 38.1 Å². The molecule has 0 heterocycles. The molecule has 0 saturated carbocycles. The number of nitriles is 1. The Morgan fingerprint density at radius 3 is 2.36 bits per heavy atom. The van der Waals surface area contributed by atoms with Gasteiger partial charge < -0.3 is 5.73 Å². The van der Waals surface area contributed by atoms with Crippen molar-refractivity contribution in [3.8, 4) is 6.07 Å². The van der Waals surface area contributed by atoms with Gasteiger partial charge in [0.05, 0.1) is 11.6 Å². The number of nitrogens with zero attached hydrogens (tertiary/aromatic N) is 1. The molecule has 1 aromatic carbocycles. The van der Waals surface area contributed by atoms with E-state index in [-0.39, 0.29) is 0 Å². The first kappa shape index (κ1) is 10.5. The number of aryl methyl sites for hydroxylation is 2. The summed E-state index contributed by atoms with van der Waals surface area (Å²) in [7, 11) is 0. The molecule has 2 nitrogen and oxygen atoms in total. The Kier molecular flexibility index (Phi) is 3.44. The molecule has 0 aromatic heterocycles. The molecule has 0 amide bonds. The highest BCUT2D eigenvalue weighted by atomic mass is 14.5. The van der Waals surface area contributed by atoms with Crippen molar-refractivity contribution in [3.63, 3.8) is 0 Å². The molecule has 1 aromatic rings. The van der Waals surface area contributed by atoms with Crippen LogP contribution in [0.3, 0.4) is 0 Å². The van der Waals surface area contributed by atoms with Crippen molar-refractivity contribution in [2.45, 2.75) is 13.8 Å². The maximum atomic E-state index is 8.77. The maximum absolute atomic E-state index is 8.77. The third-order valence-electron chi connectivity index (χ3n) is 2.14. The number of rotatable bonds is 2. The molecule has 72 valence electrons. The summed E-state index contributed by atoms with van der Waals surface area (Å²) in [6.07, 6.45) is 3.92. The molecule has 0 unspecified atom stereocenters. The summed E-state index contributed by atoms with van der Waals surface area (Å²) in [5, 5.41) is 8.77. The van der Waals surface area contributed by atoms with Crippen molar-refractivity contribution in [1.29, 1.82) is 5.26 Å². The minimum absolute atomic E-state index is 0.541. The first-order chi connectivity index (χ1) is 6.69. The quantitative estimate of drug-likeness (QED) is 0.769. The van der Waals surface area contributed by atoms with Gasteiger partial charge in [-0.15, -0.1) is 0 Å². The lowest BCUT2D eigenvalue weighted by Crippen LogP contribution is -1.94. The van der Waals surface area contributed by atoms with Crippen LogP contribution in [0.4, 0.5) is 0 Å². The summed E-state index contributed by atoms with van der Waals surface area (Å²) < 4.78 is 0. The molecular weight excluding hydrogens is 172 g/mol. The van der Waals surface area contributed by atoms with E-state index in [0.717, 1.165) is 16.7 Å². The minimum atomic E-state index is 0.541. The van der Waals surface area contributed by atoms with Crippen LogP contribution >= 0.6 is 0 Å². The van der Waals surface area contributed by atoms with E-state index in [4.69, 9.17) is 11.0 Å². The average Bonchev–Trinajstić information content (AvgIpc) is 2.16. The van der Waals surface area contributed by atoms with Crippen LogP contribution in [0.1, 0.15) is 22.3 Å². The third-order valence-corrected chi connectivity index (χ3v) is 2.14. The minimum Gasteiger partial charge on any atom is -0.327 e. The molecule has 0 bridgehead atoms. The number of benzene rings is 1. The lowest BCUT2D eigenvalue weighted by Gasteiger charge is -2.05. The zero-order valence-corrected chi connectivity index (χ0v) is 8.54. The highest BCUT2D eigenvalue weighted by Gasteiger charge is 2.01. The average molecular weight is 186 g/mol. The van der Waals surface area contributed by atoms with Crippen molar-refractivity contribution in [2.75, 3.05) is 6.54 Å². The maximum Gasteiger partial charge on any atom is 0.0991 e. The van der Waals surface area contributed by atoms with Crippen LogP contribution in [-0.2, 0) is 0 Å². The fourth-order valence-corrected chi connectivity index (χ4v) is 1.49. The van der Waals surface area contributed by atoms with Crippen LogP contribution in [-0.4, -0.2) is 6.54 Å². The van der Waals surface area contributed by atoms with E-state index in [1.165, 1.54) is 0 Å². The van der Waals surface area contributed by atoms with Crippen LogP contribution in [0.15, 0.2) is 18.2 Å².